The van der Waals surface area contributed by atoms with Gasteiger partial charge >= 0.3 is 5.69 Å². The fraction of sp³-hybridized carbons (Fsp3) is 0.231. The number of anilines is 1. The molecule has 1 aromatic heterocycles. The smallest absolute Gasteiger partial charge is 0.316 e. The Morgan fingerprint density at radius 2 is 2.10 bits per heavy atom. The van der Waals surface area contributed by atoms with Crippen LogP contribution in [0.2, 0.25) is 0 Å². The van der Waals surface area contributed by atoms with Crippen LogP contribution in [0.5, 0.6) is 5.75 Å². The first-order valence-electron chi connectivity index (χ1n) is 6.02. The average Bonchev–Trinajstić information content (AvgIpc) is 2.45. The number of aryl methyl sites for hydroxylation is 1. The van der Waals surface area contributed by atoms with Crippen LogP contribution in [0.1, 0.15) is 5.69 Å². The van der Waals surface area contributed by atoms with E-state index in [0.29, 0.717) is 5.75 Å². The first kappa shape index (κ1) is 14.6. The molecule has 1 heterocycles. The molecule has 0 saturated heterocycles. The van der Waals surface area contributed by atoms with Crippen LogP contribution in [0.4, 0.5) is 16.0 Å². The number of aromatic nitrogens is 2. The van der Waals surface area contributed by atoms with Crippen LogP contribution >= 0.6 is 0 Å². The van der Waals surface area contributed by atoms with Crippen LogP contribution in [0, 0.1) is 22.9 Å². The van der Waals surface area contributed by atoms with Crippen molar-refractivity contribution in [2.24, 2.45) is 0 Å². The van der Waals surface area contributed by atoms with Crippen LogP contribution in [0.25, 0.3) is 11.3 Å². The Morgan fingerprint density at radius 1 is 1.38 bits per heavy atom. The van der Waals surface area contributed by atoms with Gasteiger partial charge in [-0.3, -0.25) is 10.1 Å². The minimum Gasteiger partial charge on any atom is -0.496 e. The zero-order chi connectivity index (χ0) is 15.6. The summed E-state index contributed by atoms with van der Waals surface area (Å²) in [6.45, 7) is 1.50. The van der Waals surface area contributed by atoms with Crippen molar-refractivity contribution >= 4 is 11.6 Å². The number of methoxy groups -OCH3 is 1. The summed E-state index contributed by atoms with van der Waals surface area (Å²) in [7, 11) is 2.99. The molecule has 0 atom stereocenters. The molecule has 0 amide bonds. The molecule has 0 radical (unpaired) electrons. The summed E-state index contributed by atoms with van der Waals surface area (Å²) < 4.78 is 18.6. The Bertz CT molecular complexity index is 706. The summed E-state index contributed by atoms with van der Waals surface area (Å²) in [5.74, 6) is -0.0403. The second-order valence-corrected chi connectivity index (χ2v) is 4.18. The van der Waals surface area contributed by atoms with Crippen LogP contribution in [-0.2, 0) is 0 Å². The molecule has 110 valence electrons. The molecule has 1 aromatic carbocycles. The van der Waals surface area contributed by atoms with Crippen LogP contribution in [0.15, 0.2) is 18.2 Å². The van der Waals surface area contributed by atoms with E-state index in [2.05, 4.69) is 15.3 Å². The molecule has 0 aliphatic carbocycles. The fourth-order valence-electron chi connectivity index (χ4n) is 1.95. The molecule has 0 bridgehead atoms. The highest BCUT2D eigenvalue weighted by molar-refractivity contribution is 5.76. The monoisotopic (exact) mass is 292 g/mol. The highest BCUT2D eigenvalue weighted by atomic mass is 19.1. The maximum absolute atomic E-state index is 13.5. The maximum atomic E-state index is 13.5. The van der Waals surface area contributed by atoms with Gasteiger partial charge in [0.1, 0.15) is 17.3 Å². The summed E-state index contributed by atoms with van der Waals surface area (Å²) in [6.07, 6.45) is 0. The molecule has 0 spiro atoms. The number of rotatable bonds is 4. The van der Waals surface area contributed by atoms with Crippen molar-refractivity contribution in [1.29, 1.82) is 0 Å². The van der Waals surface area contributed by atoms with Gasteiger partial charge in [-0.2, -0.15) is 0 Å². The molecule has 2 aromatic rings. The maximum Gasteiger partial charge on any atom is 0.316 e. The predicted molar refractivity (Wildman–Crippen MR) is 74.9 cm³/mol. The third kappa shape index (κ3) is 2.73. The first-order chi connectivity index (χ1) is 9.97. The van der Waals surface area contributed by atoms with E-state index in [1.165, 1.54) is 26.2 Å². The highest BCUT2D eigenvalue weighted by Gasteiger charge is 2.25. The van der Waals surface area contributed by atoms with Crippen molar-refractivity contribution in [2.75, 3.05) is 19.5 Å². The summed E-state index contributed by atoms with van der Waals surface area (Å²) >= 11 is 0. The van der Waals surface area contributed by atoms with Crippen molar-refractivity contribution in [3.8, 4) is 17.0 Å². The van der Waals surface area contributed by atoms with E-state index in [9.17, 15) is 14.5 Å². The Kier molecular flexibility index (Phi) is 3.97. The Labute approximate surface area is 120 Å². The molecular formula is C13H13FN4O3. The second kappa shape index (κ2) is 5.70. The van der Waals surface area contributed by atoms with Crippen molar-refractivity contribution in [3.05, 3.63) is 39.8 Å². The number of nitro groups is 1. The summed E-state index contributed by atoms with van der Waals surface area (Å²) in [4.78, 5) is 18.7. The van der Waals surface area contributed by atoms with Gasteiger partial charge < -0.3 is 10.1 Å². The third-order valence-corrected chi connectivity index (χ3v) is 2.88. The lowest BCUT2D eigenvalue weighted by Crippen LogP contribution is -2.05. The van der Waals surface area contributed by atoms with Gasteiger partial charge in [0.05, 0.1) is 17.6 Å². The van der Waals surface area contributed by atoms with E-state index in [4.69, 9.17) is 4.74 Å². The van der Waals surface area contributed by atoms with Crippen molar-refractivity contribution in [2.45, 2.75) is 6.92 Å². The van der Waals surface area contributed by atoms with Gasteiger partial charge in [-0.15, -0.1) is 0 Å². The summed E-state index contributed by atoms with van der Waals surface area (Å²) in [6, 6.07) is 3.75. The van der Waals surface area contributed by atoms with Crippen LogP contribution in [-0.4, -0.2) is 29.0 Å². The minimum absolute atomic E-state index is 0.00759. The molecule has 0 fully saturated rings. The summed E-state index contributed by atoms with van der Waals surface area (Å²) in [5.41, 5.74) is 0.109. The normalized spacial score (nSPS) is 10.3. The number of hydrogen-bond acceptors (Lipinski definition) is 6. The zero-order valence-electron chi connectivity index (χ0n) is 11.7. The van der Waals surface area contributed by atoms with Crippen molar-refractivity contribution in [1.82, 2.24) is 9.97 Å². The van der Waals surface area contributed by atoms with Gasteiger partial charge in [-0.05, 0) is 25.1 Å². The molecule has 2 rings (SSSR count). The Hall–Kier alpha value is -2.77. The topological polar surface area (TPSA) is 90.2 Å². The van der Waals surface area contributed by atoms with E-state index in [-0.39, 0.29) is 28.6 Å². The van der Waals surface area contributed by atoms with Gasteiger partial charge in [-0.25, -0.2) is 14.4 Å². The lowest BCUT2D eigenvalue weighted by Gasteiger charge is -2.10. The minimum atomic E-state index is -0.589. The molecule has 0 aliphatic rings. The first-order valence-corrected chi connectivity index (χ1v) is 6.02. The predicted octanol–water partition coefficient (Wildman–Crippen LogP) is 2.55. The SMILES string of the molecule is CNc1nc(C)c([N+](=O)[O-])c(-c2cc(F)ccc2OC)n1. The van der Waals surface area contributed by atoms with E-state index in [1.807, 2.05) is 0 Å². The lowest BCUT2D eigenvalue weighted by molar-refractivity contribution is -0.385. The number of hydrogen-bond donors (Lipinski definition) is 1. The van der Waals surface area contributed by atoms with E-state index in [1.54, 1.807) is 7.05 Å². The van der Waals surface area contributed by atoms with Gasteiger partial charge in [0.15, 0.2) is 5.69 Å². The molecular weight excluding hydrogens is 279 g/mol. The van der Waals surface area contributed by atoms with Crippen LogP contribution < -0.4 is 10.1 Å². The number of benzene rings is 1. The van der Waals surface area contributed by atoms with Crippen molar-refractivity contribution in [3.63, 3.8) is 0 Å². The van der Waals surface area contributed by atoms with Crippen LogP contribution in [0.3, 0.4) is 0 Å². The molecule has 1 N–H and O–H groups in total. The number of nitrogens with zero attached hydrogens (tertiary/aromatic N) is 3. The average molecular weight is 292 g/mol. The largest absolute Gasteiger partial charge is 0.496 e. The Balaban J connectivity index is 2.81. The highest BCUT2D eigenvalue weighted by Crippen LogP contribution is 2.37. The summed E-state index contributed by atoms with van der Waals surface area (Å²) in [5, 5.41) is 14.0. The van der Waals surface area contributed by atoms with E-state index in [0.717, 1.165) is 6.07 Å². The molecule has 21 heavy (non-hydrogen) atoms. The molecule has 0 saturated carbocycles. The number of ether oxygens (including phenoxy) is 1. The number of nitrogens with one attached hydrogen (secondary N) is 1. The number of halogens is 1. The lowest BCUT2D eigenvalue weighted by atomic mass is 10.1. The quantitative estimate of drug-likeness (QED) is 0.688. The molecule has 0 unspecified atom stereocenters. The van der Waals surface area contributed by atoms with Gasteiger partial charge in [0, 0.05) is 7.05 Å². The Morgan fingerprint density at radius 3 is 2.67 bits per heavy atom. The van der Waals surface area contributed by atoms with E-state index >= 15 is 0 Å². The standard InChI is InChI=1S/C13H13FN4O3/c1-7-12(18(19)20)11(17-13(15-2)16-7)9-6-8(14)4-5-10(9)21-3/h4-6H,1-3H3,(H,15,16,17). The zero-order valence-corrected chi connectivity index (χ0v) is 11.7. The second-order valence-electron chi connectivity index (χ2n) is 4.18. The van der Waals surface area contributed by atoms with E-state index < -0.39 is 10.7 Å². The fourth-order valence-corrected chi connectivity index (χ4v) is 1.95. The molecule has 8 heteroatoms. The van der Waals surface area contributed by atoms with Gasteiger partial charge in [0.25, 0.3) is 0 Å². The third-order valence-electron chi connectivity index (χ3n) is 2.88. The molecule has 0 aliphatic heterocycles. The molecule has 7 nitrogen and oxygen atoms in total. The van der Waals surface area contributed by atoms with Gasteiger partial charge in [0.2, 0.25) is 5.95 Å². The van der Waals surface area contributed by atoms with Gasteiger partial charge in [-0.1, -0.05) is 0 Å². The van der Waals surface area contributed by atoms with Crippen molar-refractivity contribution < 1.29 is 14.1 Å².